The van der Waals surface area contributed by atoms with Crippen LogP contribution in [0.3, 0.4) is 0 Å². The number of hydrogen-bond donors (Lipinski definition) is 4. The van der Waals surface area contributed by atoms with Crippen LogP contribution in [0.5, 0.6) is 0 Å². The highest BCUT2D eigenvalue weighted by Crippen LogP contribution is 2.32. The number of benzene rings is 1. The monoisotopic (exact) mass is 369 g/mol. The second kappa shape index (κ2) is 5.99. The van der Waals surface area contributed by atoms with E-state index in [0.29, 0.717) is 38.9 Å². The molecule has 26 heavy (non-hydrogen) atoms. The van der Waals surface area contributed by atoms with Crippen molar-refractivity contribution < 1.29 is 0 Å². The Hall–Kier alpha value is -3.13. The predicted octanol–water partition coefficient (Wildman–Crippen LogP) is 3.36. The second-order valence-electron chi connectivity index (χ2n) is 6.10. The van der Waals surface area contributed by atoms with Crippen LogP contribution < -0.4 is 10.9 Å². The first-order valence-corrected chi connectivity index (χ1v) is 8.35. The first-order valence-electron chi connectivity index (χ1n) is 7.97. The van der Waals surface area contributed by atoms with Crippen molar-refractivity contribution in [2.75, 3.05) is 5.32 Å². The van der Waals surface area contributed by atoms with E-state index in [1.165, 1.54) is 0 Å². The van der Waals surface area contributed by atoms with E-state index >= 15 is 0 Å². The molecule has 4 rings (SSSR count). The smallest absolute Gasteiger partial charge is 0.273 e. The Labute approximate surface area is 153 Å². The van der Waals surface area contributed by atoms with E-state index in [9.17, 15) is 4.79 Å². The summed E-state index contributed by atoms with van der Waals surface area (Å²) in [4.78, 5) is 21.1. The number of aromatic amines is 3. The molecule has 0 radical (unpaired) electrons. The number of fused-ring (bicyclic) bond motifs is 1. The standard InChI is InChI=1S/C17H16ClN7O/c1-7-6-12(24-22-7)20-15-8(2)9(3)19-16(21-15)10-4-5-11-13(14(10)18)17(26)25-23-11/h4-6H,1-3H3,(H2,23,25,26)(H2,19,20,21,22,24). The van der Waals surface area contributed by atoms with Gasteiger partial charge in [-0.1, -0.05) is 11.6 Å². The Balaban J connectivity index is 1.86. The lowest BCUT2D eigenvalue weighted by Gasteiger charge is -2.12. The van der Waals surface area contributed by atoms with Crippen LogP contribution in [0.4, 0.5) is 11.6 Å². The summed E-state index contributed by atoms with van der Waals surface area (Å²) in [5.41, 5.74) is 3.61. The number of H-pyrrole nitrogens is 3. The van der Waals surface area contributed by atoms with Crippen molar-refractivity contribution in [3.63, 3.8) is 0 Å². The van der Waals surface area contributed by atoms with Crippen LogP contribution in [0.1, 0.15) is 17.0 Å². The number of anilines is 2. The van der Waals surface area contributed by atoms with Gasteiger partial charge in [-0.3, -0.25) is 20.1 Å². The highest BCUT2D eigenvalue weighted by molar-refractivity contribution is 6.38. The SMILES string of the molecule is Cc1cc(Nc2nc(-c3ccc4[nH][nH]c(=O)c4c3Cl)nc(C)c2C)n[nH]1. The van der Waals surface area contributed by atoms with Crippen LogP contribution in [-0.2, 0) is 0 Å². The first-order chi connectivity index (χ1) is 12.4. The van der Waals surface area contributed by atoms with E-state index in [-0.39, 0.29) is 5.56 Å². The van der Waals surface area contributed by atoms with Gasteiger partial charge in [0.05, 0.1) is 15.9 Å². The van der Waals surface area contributed by atoms with Gasteiger partial charge in [-0.25, -0.2) is 9.97 Å². The molecule has 4 aromatic rings. The largest absolute Gasteiger partial charge is 0.323 e. The summed E-state index contributed by atoms with van der Waals surface area (Å²) in [5.74, 6) is 1.74. The zero-order valence-electron chi connectivity index (χ0n) is 14.4. The maximum Gasteiger partial charge on any atom is 0.273 e. The number of rotatable bonds is 3. The zero-order chi connectivity index (χ0) is 18.4. The third-order valence-electron chi connectivity index (χ3n) is 4.26. The lowest BCUT2D eigenvalue weighted by molar-refractivity contribution is 1.04. The molecule has 0 fully saturated rings. The summed E-state index contributed by atoms with van der Waals surface area (Å²) in [6.07, 6.45) is 0. The topological polar surface area (TPSA) is 115 Å². The van der Waals surface area contributed by atoms with Gasteiger partial charge in [-0.15, -0.1) is 0 Å². The fourth-order valence-corrected chi connectivity index (χ4v) is 3.07. The quantitative estimate of drug-likeness (QED) is 0.442. The Morgan fingerprint density at radius 3 is 2.65 bits per heavy atom. The Bertz CT molecular complexity index is 1190. The molecule has 0 amide bonds. The first kappa shape index (κ1) is 16.3. The van der Waals surface area contributed by atoms with Crippen molar-refractivity contribution in [1.29, 1.82) is 0 Å². The summed E-state index contributed by atoms with van der Waals surface area (Å²) in [6, 6.07) is 5.45. The van der Waals surface area contributed by atoms with Gasteiger partial charge in [0.25, 0.3) is 5.56 Å². The minimum Gasteiger partial charge on any atom is -0.323 e. The van der Waals surface area contributed by atoms with Crippen LogP contribution in [0.15, 0.2) is 23.0 Å². The number of nitrogens with zero attached hydrogens (tertiary/aromatic N) is 3. The number of halogens is 1. The van der Waals surface area contributed by atoms with E-state index < -0.39 is 0 Å². The summed E-state index contributed by atoms with van der Waals surface area (Å²) in [7, 11) is 0. The molecule has 3 heterocycles. The molecule has 0 atom stereocenters. The number of aryl methyl sites for hydroxylation is 2. The van der Waals surface area contributed by atoms with Crippen LogP contribution in [0.25, 0.3) is 22.3 Å². The van der Waals surface area contributed by atoms with Gasteiger partial charge in [0.15, 0.2) is 11.6 Å². The third kappa shape index (κ3) is 2.64. The van der Waals surface area contributed by atoms with Crippen LogP contribution in [0.2, 0.25) is 5.02 Å². The molecule has 0 aliphatic rings. The molecule has 132 valence electrons. The molecular weight excluding hydrogens is 354 g/mol. The second-order valence-corrected chi connectivity index (χ2v) is 6.47. The average Bonchev–Trinajstić information content (AvgIpc) is 3.18. The maximum absolute atomic E-state index is 12.0. The van der Waals surface area contributed by atoms with Gasteiger partial charge in [0, 0.05) is 28.6 Å². The van der Waals surface area contributed by atoms with Gasteiger partial charge in [0.2, 0.25) is 0 Å². The summed E-state index contributed by atoms with van der Waals surface area (Å²) < 4.78 is 0. The fourth-order valence-electron chi connectivity index (χ4n) is 2.74. The minimum atomic E-state index is -0.277. The summed E-state index contributed by atoms with van der Waals surface area (Å²) >= 11 is 6.47. The Kier molecular flexibility index (Phi) is 3.77. The summed E-state index contributed by atoms with van der Waals surface area (Å²) in [6.45, 7) is 5.75. The molecule has 3 aromatic heterocycles. The molecule has 4 N–H and O–H groups in total. The van der Waals surface area contributed by atoms with E-state index in [4.69, 9.17) is 11.6 Å². The molecule has 0 aliphatic carbocycles. The molecule has 0 spiro atoms. The van der Waals surface area contributed by atoms with Gasteiger partial charge in [-0.05, 0) is 32.9 Å². The number of nitrogens with one attached hydrogen (secondary N) is 4. The minimum absolute atomic E-state index is 0.277. The lowest BCUT2D eigenvalue weighted by atomic mass is 10.1. The van der Waals surface area contributed by atoms with Crippen LogP contribution in [0, 0.1) is 20.8 Å². The zero-order valence-corrected chi connectivity index (χ0v) is 15.1. The van der Waals surface area contributed by atoms with Crippen molar-refractivity contribution >= 4 is 34.1 Å². The fraction of sp³-hybridized carbons (Fsp3) is 0.176. The number of hydrogen-bond acceptors (Lipinski definition) is 5. The van der Waals surface area contributed by atoms with E-state index in [2.05, 4.69) is 35.7 Å². The molecule has 0 saturated heterocycles. The van der Waals surface area contributed by atoms with Crippen molar-refractivity contribution in [2.24, 2.45) is 0 Å². The molecule has 1 aromatic carbocycles. The third-order valence-corrected chi connectivity index (χ3v) is 4.65. The normalized spacial score (nSPS) is 11.2. The summed E-state index contributed by atoms with van der Waals surface area (Å²) in [5, 5.41) is 16.3. The molecule has 0 saturated carbocycles. The van der Waals surface area contributed by atoms with E-state index in [1.54, 1.807) is 12.1 Å². The Morgan fingerprint density at radius 1 is 1.12 bits per heavy atom. The van der Waals surface area contributed by atoms with Crippen molar-refractivity contribution in [1.82, 2.24) is 30.4 Å². The molecule has 9 heteroatoms. The van der Waals surface area contributed by atoms with Gasteiger partial charge < -0.3 is 5.32 Å². The van der Waals surface area contributed by atoms with E-state index in [1.807, 2.05) is 26.8 Å². The van der Waals surface area contributed by atoms with Gasteiger partial charge in [0.1, 0.15) is 5.82 Å². The van der Waals surface area contributed by atoms with Crippen LogP contribution in [-0.4, -0.2) is 30.4 Å². The number of aromatic nitrogens is 6. The Morgan fingerprint density at radius 2 is 1.92 bits per heavy atom. The maximum atomic E-state index is 12.0. The van der Waals surface area contributed by atoms with Crippen molar-refractivity contribution in [3.05, 3.63) is 50.5 Å². The highest BCUT2D eigenvalue weighted by atomic mass is 35.5. The lowest BCUT2D eigenvalue weighted by Crippen LogP contribution is -2.04. The molecule has 0 unspecified atom stereocenters. The predicted molar refractivity (Wildman–Crippen MR) is 101 cm³/mol. The molecule has 0 bridgehead atoms. The molecule has 0 aliphatic heterocycles. The van der Waals surface area contributed by atoms with Gasteiger partial charge in [-0.2, -0.15) is 5.10 Å². The van der Waals surface area contributed by atoms with Crippen molar-refractivity contribution in [2.45, 2.75) is 20.8 Å². The van der Waals surface area contributed by atoms with E-state index in [0.717, 1.165) is 17.0 Å². The molecular formula is C17H16ClN7O. The average molecular weight is 370 g/mol. The highest BCUT2D eigenvalue weighted by Gasteiger charge is 2.17. The van der Waals surface area contributed by atoms with Gasteiger partial charge >= 0.3 is 0 Å². The van der Waals surface area contributed by atoms with Crippen LogP contribution >= 0.6 is 11.6 Å². The molecule has 8 nitrogen and oxygen atoms in total. The van der Waals surface area contributed by atoms with Crippen molar-refractivity contribution in [3.8, 4) is 11.4 Å².